The second kappa shape index (κ2) is 7.56. The van der Waals surface area contributed by atoms with Gasteiger partial charge in [0.15, 0.2) is 5.75 Å². The Morgan fingerprint density at radius 1 is 1.07 bits per heavy atom. The molecule has 3 rings (SSSR count). The van der Waals surface area contributed by atoms with E-state index in [1.165, 1.54) is 11.5 Å². The topological polar surface area (TPSA) is 86.6 Å². The Bertz CT molecular complexity index is 1130. The summed E-state index contributed by atoms with van der Waals surface area (Å²) in [7, 11) is 3.12. The predicted molar refractivity (Wildman–Crippen MR) is 106 cm³/mol. The summed E-state index contributed by atoms with van der Waals surface area (Å²) in [6, 6.07) is 12.0. The summed E-state index contributed by atoms with van der Waals surface area (Å²) in [4.78, 5) is 37.6. The number of methoxy groups -OCH3 is 1. The number of hydrogen-bond donors (Lipinski definition) is 1. The zero-order chi connectivity index (χ0) is 20.4. The van der Waals surface area contributed by atoms with Gasteiger partial charge >= 0.3 is 5.97 Å². The van der Waals surface area contributed by atoms with Crippen molar-refractivity contribution in [1.82, 2.24) is 4.57 Å². The van der Waals surface area contributed by atoms with E-state index in [4.69, 9.17) is 9.47 Å². The number of nitrogens with one attached hydrogen (secondary N) is 1. The molecule has 1 heterocycles. The lowest BCUT2D eigenvalue weighted by Crippen LogP contribution is -2.30. The second-order valence-electron chi connectivity index (χ2n) is 6.31. The van der Waals surface area contributed by atoms with Crippen molar-refractivity contribution in [2.75, 3.05) is 12.4 Å². The van der Waals surface area contributed by atoms with Gasteiger partial charge in [-0.3, -0.25) is 14.4 Å². The van der Waals surface area contributed by atoms with Crippen molar-refractivity contribution in [2.45, 2.75) is 13.8 Å². The van der Waals surface area contributed by atoms with E-state index in [1.807, 2.05) is 13.0 Å². The van der Waals surface area contributed by atoms with Gasteiger partial charge < -0.3 is 19.4 Å². The number of amides is 1. The van der Waals surface area contributed by atoms with Gasteiger partial charge in [-0.25, -0.2) is 0 Å². The first kappa shape index (κ1) is 19.2. The van der Waals surface area contributed by atoms with Crippen LogP contribution in [0.25, 0.3) is 10.9 Å². The average molecular weight is 380 g/mol. The lowest BCUT2D eigenvalue weighted by Gasteiger charge is -2.16. The highest BCUT2D eigenvalue weighted by Gasteiger charge is 2.25. The zero-order valence-electron chi connectivity index (χ0n) is 16.0. The van der Waals surface area contributed by atoms with Crippen LogP contribution in [-0.2, 0) is 11.8 Å². The van der Waals surface area contributed by atoms with Crippen molar-refractivity contribution in [3.05, 3.63) is 63.9 Å². The summed E-state index contributed by atoms with van der Waals surface area (Å²) in [6.45, 7) is 3.05. The molecule has 0 saturated carbocycles. The lowest BCUT2D eigenvalue weighted by molar-refractivity contribution is -0.131. The molecule has 7 nitrogen and oxygen atoms in total. The van der Waals surface area contributed by atoms with Gasteiger partial charge in [-0.2, -0.15) is 0 Å². The minimum atomic E-state index is -0.660. The normalized spacial score (nSPS) is 10.6. The van der Waals surface area contributed by atoms with Crippen LogP contribution in [-0.4, -0.2) is 23.6 Å². The summed E-state index contributed by atoms with van der Waals surface area (Å²) in [5, 5.41) is 3.22. The summed E-state index contributed by atoms with van der Waals surface area (Å²) in [5.74, 6) is -0.672. The van der Waals surface area contributed by atoms with Gasteiger partial charge in [-0.1, -0.05) is 12.1 Å². The minimum absolute atomic E-state index is 0.0327. The number of nitrogens with zero attached hydrogens (tertiary/aromatic N) is 1. The fourth-order valence-corrected chi connectivity index (χ4v) is 3.04. The number of pyridine rings is 1. The number of esters is 1. The first-order valence-corrected chi connectivity index (χ1v) is 8.59. The SMILES string of the molecule is COc1ccc(NC(=O)c2c(OC(C)=O)c3c(C)cccc3n(C)c2=O)cc1. The molecule has 2 aromatic carbocycles. The number of aryl methyl sites for hydroxylation is 2. The molecule has 0 aliphatic heterocycles. The quantitative estimate of drug-likeness (QED) is 0.703. The molecule has 0 unspecified atom stereocenters. The summed E-state index contributed by atoms with van der Waals surface area (Å²) < 4.78 is 11.8. The third kappa shape index (κ3) is 3.46. The number of ether oxygens (including phenoxy) is 2. The Hall–Kier alpha value is -3.61. The van der Waals surface area contributed by atoms with E-state index < -0.39 is 17.4 Å². The third-order valence-electron chi connectivity index (χ3n) is 4.41. The first-order valence-electron chi connectivity index (χ1n) is 8.59. The minimum Gasteiger partial charge on any atom is -0.497 e. The van der Waals surface area contributed by atoms with Gasteiger partial charge in [0.1, 0.15) is 11.3 Å². The first-order chi connectivity index (χ1) is 13.3. The van der Waals surface area contributed by atoms with Crippen LogP contribution in [0.1, 0.15) is 22.8 Å². The molecule has 7 heteroatoms. The number of hydrogen-bond acceptors (Lipinski definition) is 5. The number of anilines is 1. The van der Waals surface area contributed by atoms with Crippen LogP contribution in [0.4, 0.5) is 5.69 Å². The van der Waals surface area contributed by atoms with E-state index in [0.29, 0.717) is 22.3 Å². The fourth-order valence-electron chi connectivity index (χ4n) is 3.04. The number of rotatable bonds is 4. The fraction of sp³-hybridized carbons (Fsp3) is 0.190. The van der Waals surface area contributed by atoms with Crippen molar-refractivity contribution >= 4 is 28.5 Å². The maximum atomic E-state index is 13.0. The Balaban J connectivity index is 2.19. The number of benzene rings is 2. The summed E-state index contributed by atoms with van der Waals surface area (Å²) >= 11 is 0. The van der Waals surface area contributed by atoms with E-state index in [9.17, 15) is 14.4 Å². The lowest BCUT2D eigenvalue weighted by atomic mass is 10.0. The smallest absolute Gasteiger partial charge is 0.308 e. The van der Waals surface area contributed by atoms with Crippen LogP contribution >= 0.6 is 0 Å². The molecule has 1 N–H and O–H groups in total. The Labute approximate surface area is 161 Å². The number of carbonyl (C=O) groups excluding carboxylic acids is 2. The molecule has 0 bridgehead atoms. The average Bonchev–Trinajstić information content (AvgIpc) is 2.66. The Morgan fingerprint density at radius 2 is 1.75 bits per heavy atom. The standard InChI is InChI=1S/C21H20N2O5/c1-12-6-5-7-16-17(12)19(28-13(2)24)18(21(26)23(16)3)20(25)22-14-8-10-15(27-4)11-9-14/h5-11H,1-4H3,(H,22,25). The molecule has 0 fully saturated rings. The van der Waals surface area contributed by atoms with Crippen molar-refractivity contribution in [3.8, 4) is 11.5 Å². The summed E-state index contributed by atoms with van der Waals surface area (Å²) in [5.41, 5.74) is 1.05. The molecule has 0 atom stereocenters. The largest absolute Gasteiger partial charge is 0.497 e. The van der Waals surface area contributed by atoms with Crippen LogP contribution in [0, 0.1) is 6.92 Å². The molecule has 0 aliphatic rings. The van der Waals surface area contributed by atoms with Gasteiger partial charge in [0, 0.05) is 25.0 Å². The predicted octanol–water partition coefficient (Wildman–Crippen LogP) is 3.03. The van der Waals surface area contributed by atoms with Gasteiger partial charge in [-0.05, 0) is 42.8 Å². The molecule has 0 aliphatic carbocycles. The van der Waals surface area contributed by atoms with Gasteiger partial charge in [0.2, 0.25) is 0 Å². The highest BCUT2D eigenvalue weighted by atomic mass is 16.5. The molecule has 1 amide bonds. The highest BCUT2D eigenvalue weighted by molar-refractivity contribution is 6.10. The molecule has 3 aromatic rings. The number of fused-ring (bicyclic) bond motifs is 1. The van der Waals surface area contributed by atoms with Crippen molar-refractivity contribution in [3.63, 3.8) is 0 Å². The van der Waals surface area contributed by atoms with Gasteiger partial charge in [0.05, 0.1) is 12.6 Å². The third-order valence-corrected chi connectivity index (χ3v) is 4.41. The van der Waals surface area contributed by atoms with Crippen molar-refractivity contribution in [2.24, 2.45) is 7.05 Å². The van der Waals surface area contributed by atoms with E-state index in [-0.39, 0.29) is 11.3 Å². The molecular weight excluding hydrogens is 360 g/mol. The maximum absolute atomic E-state index is 13.0. The van der Waals surface area contributed by atoms with E-state index >= 15 is 0 Å². The molecule has 0 saturated heterocycles. The molecule has 28 heavy (non-hydrogen) atoms. The van der Waals surface area contributed by atoms with Crippen LogP contribution in [0.3, 0.4) is 0 Å². The Morgan fingerprint density at radius 3 is 2.36 bits per heavy atom. The van der Waals surface area contributed by atoms with Crippen LogP contribution in [0.2, 0.25) is 0 Å². The van der Waals surface area contributed by atoms with Crippen LogP contribution in [0.15, 0.2) is 47.3 Å². The number of aromatic nitrogens is 1. The Kier molecular flexibility index (Phi) is 5.17. The molecule has 0 radical (unpaired) electrons. The molecular formula is C21H20N2O5. The van der Waals surface area contributed by atoms with Gasteiger partial charge in [-0.15, -0.1) is 0 Å². The summed E-state index contributed by atoms with van der Waals surface area (Å²) in [6.07, 6.45) is 0. The van der Waals surface area contributed by atoms with Gasteiger partial charge in [0.25, 0.3) is 11.5 Å². The second-order valence-corrected chi connectivity index (χ2v) is 6.31. The molecule has 144 valence electrons. The molecule has 0 spiro atoms. The zero-order valence-corrected chi connectivity index (χ0v) is 16.0. The van der Waals surface area contributed by atoms with Crippen LogP contribution < -0.4 is 20.3 Å². The van der Waals surface area contributed by atoms with Crippen molar-refractivity contribution < 1.29 is 19.1 Å². The molecule has 1 aromatic heterocycles. The monoisotopic (exact) mass is 380 g/mol. The van der Waals surface area contributed by atoms with Crippen LogP contribution in [0.5, 0.6) is 11.5 Å². The van der Waals surface area contributed by atoms with Crippen molar-refractivity contribution in [1.29, 1.82) is 0 Å². The van der Waals surface area contributed by atoms with E-state index in [0.717, 1.165) is 5.56 Å². The maximum Gasteiger partial charge on any atom is 0.308 e. The number of carbonyl (C=O) groups is 2. The highest BCUT2D eigenvalue weighted by Crippen LogP contribution is 2.31. The van der Waals surface area contributed by atoms with E-state index in [1.54, 1.807) is 50.6 Å². The van der Waals surface area contributed by atoms with E-state index in [2.05, 4.69) is 5.32 Å².